The number of nitrogens with zero attached hydrogens (tertiary/aromatic N) is 1. The maximum atomic E-state index is 12.1. The summed E-state index contributed by atoms with van der Waals surface area (Å²) in [7, 11) is 0. The number of rotatable bonds is 4. The van der Waals surface area contributed by atoms with E-state index in [0.717, 1.165) is 10.5 Å². The fourth-order valence-electron chi connectivity index (χ4n) is 2.20. The van der Waals surface area contributed by atoms with E-state index in [-0.39, 0.29) is 24.8 Å². The summed E-state index contributed by atoms with van der Waals surface area (Å²) in [5.41, 5.74) is 0.854. The van der Waals surface area contributed by atoms with E-state index in [0.29, 0.717) is 0 Å². The van der Waals surface area contributed by atoms with Crippen LogP contribution in [0.3, 0.4) is 0 Å². The molecule has 2 amide bonds. The molecule has 1 fully saturated rings. The number of carboxylic acid groups (broad SMARTS) is 1. The smallest absolute Gasteiger partial charge is 0.307 e. The zero-order valence-electron chi connectivity index (χ0n) is 10.6. The molecule has 19 heavy (non-hydrogen) atoms. The van der Waals surface area contributed by atoms with Gasteiger partial charge in [-0.15, -0.1) is 0 Å². The highest BCUT2D eigenvalue weighted by atomic mass is 16.4. The minimum atomic E-state index is -1.05. The van der Waals surface area contributed by atoms with Crippen molar-refractivity contribution in [3.05, 3.63) is 35.9 Å². The average molecular weight is 261 g/mol. The van der Waals surface area contributed by atoms with Gasteiger partial charge in [-0.05, 0) is 5.56 Å². The van der Waals surface area contributed by atoms with E-state index in [1.54, 1.807) is 0 Å². The van der Waals surface area contributed by atoms with Gasteiger partial charge in [0.05, 0.1) is 18.4 Å². The van der Waals surface area contributed by atoms with Crippen LogP contribution >= 0.6 is 0 Å². The molecule has 5 nitrogen and oxygen atoms in total. The maximum Gasteiger partial charge on any atom is 0.307 e. The number of carbonyl (C=O) groups is 3. The normalized spacial score (nSPS) is 20.7. The molecule has 0 aliphatic carbocycles. The van der Waals surface area contributed by atoms with Crippen LogP contribution in [-0.4, -0.2) is 27.8 Å². The molecule has 0 bridgehead atoms. The van der Waals surface area contributed by atoms with Crippen molar-refractivity contribution < 1.29 is 19.5 Å². The van der Waals surface area contributed by atoms with Gasteiger partial charge in [-0.25, -0.2) is 0 Å². The Morgan fingerprint density at radius 1 is 1.37 bits per heavy atom. The van der Waals surface area contributed by atoms with E-state index < -0.39 is 17.8 Å². The zero-order chi connectivity index (χ0) is 14.0. The molecule has 0 aromatic heterocycles. The lowest BCUT2D eigenvalue weighted by atomic mass is 9.93. The van der Waals surface area contributed by atoms with Crippen LogP contribution in [0.5, 0.6) is 0 Å². The number of aliphatic carboxylic acids is 1. The van der Waals surface area contributed by atoms with Gasteiger partial charge in [-0.3, -0.25) is 19.3 Å². The second-order valence-corrected chi connectivity index (χ2v) is 4.74. The summed E-state index contributed by atoms with van der Waals surface area (Å²) >= 11 is 0. The molecule has 1 aromatic carbocycles. The largest absolute Gasteiger partial charge is 0.481 e. The van der Waals surface area contributed by atoms with E-state index >= 15 is 0 Å². The highest BCUT2D eigenvalue weighted by Gasteiger charge is 2.43. The van der Waals surface area contributed by atoms with Gasteiger partial charge >= 0.3 is 5.97 Å². The lowest BCUT2D eigenvalue weighted by Gasteiger charge is -2.16. The van der Waals surface area contributed by atoms with Crippen LogP contribution in [0.1, 0.15) is 18.9 Å². The highest BCUT2D eigenvalue weighted by Crippen LogP contribution is 2.28. The summed E-state index contributed by atoms with van der Waals surface area (Å²) in [6, 6.07) is 9.17. The van der Waals surface area contributed by atoms with E-state index in [2.05, 4.69) is 0 Å². The zero-order valence-corrected chi connectivity index (χ0v) is 10.6. The molecule has 5 heteroatoms. The molecular weight excluding hydrogens is 246 g/mol. The van der Waals surface area contributed by atoms with Crippen LogP contribution < -0.4 is 0 Å². The van der Waals surface area contributed by atoms with Gasteiger partial charge in [0, 0.05) is 6.42 Å². The fraction of sp³-hybridized carbons (Fsp3) is 0.357. The van der Waals surface area contributed by atoms with Crippen molar-refractivity contribution in [3.8, 4) is 0 Å². The molecule has 0 saturated carbocycles. The number of hydrogen-bond donors (Lipinski definition) is 1. The minimum Gasteiger partial charge on any atom is -0.481 e. The Morgan fingerprint density at radius 2 is 2.00 bits per heavy atom. The standard InChI is InChI=1S/C14H15NO4/c1-9(14(18)19)11-7-12(16)15(13(11)17)8-10-5-3-2-4-6-10/h2-6,9,11H,7-8H2,1H3,(H,18,19). The molecule has 1 N–H and O–H groups in total. The number of imide groups is 1. The molecule has 0 radical (unpaired) electrons. The Balaban J connectivity index is 2.13. The Kier molecular flexibility index (Phi) is 3.64. The number of amides is 2. The fourth-order valence-corrected chi connectivity index (χ4v) is 2.20. The first-order valence-electron chi connectivity index (χ1n) is 6.11. The quantitative estimate of drug-likeness (QED) is 0.828. The Bertz CT molecular complexity index is 511. The lowest BCUT2D eigenvalue weighted by molar-refractivity contribution is -0.148. The van der Waals surface area contributed by atoms with Gasteiger partial charge in [-0.1, -0.05) is 37.3 Å². The summed E-state index contributed by atoms with van der Waals surface area (Å²) in [5, 5.41) is 8.94. The predicted molar refractivity (Wildman–Crippen MR) is 66.9 cm³/mol. The number of benzene rings is 1. The first-order valence-corrected chi connectivity index (χ1v) is 6.11. The molecule has 2 atom stereocenters. The molecule has 100 valence electrons. The van der Waals surface area contributed by atoms with Crippen LogP contribution in [0.4, 0.5) is 0 Å². The van der Waals surface area contributed by atoms with Crippen molar-refractivity contribution in [2.75, 3.05) is 0 Å². The van der Waals surface area contributed by atoms with Gasteiger partial charge in [0.15, 0.2) is 0 Å². The third-order valence-corrected chi connectivity index (χ3v) is 3.46. The van der Waals surface area contributed by atoms with Crippen molar-refractivity contribution in [1.29, 1.82) is 0 Å². The van der Waals surface area contributed by atoms with Crippen molar-refractivity contribution in [2.24, 2.45) is 11.8 Å². The van der Waals surface area contributed by atoms with Gasteiger partial charge in [0.2, 0.25) is 11.8 Å². The lowest BCUT2D eigenvalue weighted by Crippen LogP contribution is -2.33. The first kappa shape index (κ1) is 13.3. The van der Waals surface area contributed by atoms with Gasteiger partial charge in [0.25, 0.3) is 0 Å². The highest BCUT2D eigenvalue weighted by molar-refractivity contribution is 6.04. The molecule has 2 unspecified atom stereocenters. The van der Waals surface area contributed by atoms with E-state index in [1.165, 1.54) is 6.92 Å². The number of carbonyl (C=O) groups excluding carboxylic acids is 2. The van der Waals surface area contributed by atoms with Crippen molar-refractivity contribution >= 4 is 17.8 Å². The monoisotopic (exact) mass is 261 g/mol. The van der Waals surface area contributed by atoms with Crippen LogP contribution in [0.25, 0.3) is 0 Å². The second kappa shape index (κ2) is 5.22. The molecule has 2 rings (SSSR count). The Hall–Kier alpha value is -2.17. The second-order valence-electron chi connectivity index (χ2n) is 4.74. The van der Waals surface area contributed by atoms with Crippen LogP contribution in [0.2, 0.25) is 0 Å². The third-order valence-electron chi connectivity index (χ3n) is 3.46. The first-order chi connectivity index (χ1) is 9.00. The minimum absolute atomic E-state index is 0.0147. The van der Waals surface area contributed by atoms with Crippen molar-refractivity contribution in [1.82, 2.24) is 4.90 Å². The number of hydrogen-bond acceptors (Lipinski definition) is 3. The van der Waals surface area contributed by atoms with Gasteiger partial charge in [-0.2, -0.15) is 0 Å². The molecule has 1 aliphatic rings. The molecule has 1 aromatic rings. The topological polar surface area (TPSA) is 74.7 Å². The molecule has 1 heterocycles. The van der Waals surface area contributed by atoms with Crippen LogP contribution in [-0.2, 0) is 20.9 Å². The SMILES string of the molecule is CC(C(=O)O)C1CC(=O)N(Cc2ccccc2)C1=O. The maximum absolute atomic E-state index is 12.1. The van der Waals surface area contributed by atoms with E-state index in [4.69, 9.17) is 5.11 Å². The molecular formula is C14H15NO4. The van der Waals surface area contributed by atoms with E-state index in [1.807, 2.05) is 30.3 Å². The summed E-state index contributed by atoms with van der Waals surface area (Å²) in [4.78, 5) is 36.0. The Morgan fingerprint density at radius 3 is 2.58 bits per heavy atom. The summed E-state index contributed by atoms with van der Waals surface area (Å²) in [5.74, 6) is -3.31. The summed E-state index contributed by atoms with van der Waals surface area (Å²) < 4.78 is 0. The summed E-state index contributed by atoms with van der Waals surface area (Å²) in [6.45, 7) is 1.67. The van der Waals surface area contributed by atoms with Gasteiger partial charge in [0.1, 0.15) is 0 Å². The molecule has 1 aliphatic heterocycles. The molecule has 0 spiro atoms. The van der Waals surface area contributed by atoms with Crippen LogP contribution in [0.15, 0.2) is 30.3 Å². The number of likely N-dealkylation sites (tertiary alicyclic amines) is 1. The van der Waals surface area contributed by atoms with Crippen LogP contribution in [0, 0.1) is 11.8 Å². The summed E-state index contributed by atoms with van der Waals surface area (Å²) in [6.07, 6.45) is -0.0147. The number of carboxylic acids is 1. The van der Waals surface area contributed by atoms with Crippen molar-refractivity contribution in [3.63, 3.8) is 0 Å². The predicted octanol–water partition coefficient (Wildman–Crippen LogP) is 1.28. The third kappa shape index (κ3) is 2.65. The Labute approximate surface area is 110 Å². The average Bonchev–Trinajstić information content (AvgIpc) is 2.67. The van der Waals surface area contributed by atoms with E-state index in [9.17, 15) is 14.4 Å². The van der Waals surface area contributed by atoms with Gasteiger partial charge < -0.3 is 5.11 Å². The molecule has 1 saturated heterocycles. The van der Waals surface area contributed by atoms with Crippen molar-refractivity contribution in [2.45, 2.75) is 19.9 Å².